The zero-order valence-electron chi connectivity index (χ0n) is 6.91. The zero-order chi connectivity index (χ0) is 8.55. The summed E-state index contributed by atoms with van der Waals surface area (Å²) in [7, 11) is 1.65. The number of methoxy groups -OCH3 is 1. The number of aldehydes is 1. The maximum absolute atomic E-state index is 10.5. The van der Waals surface area contributed by atoms with Gasteiger partial charge in [-0.15, -0.1) is 0 Å². The summed E-state index contributed by atoms with van der Waals surface area (Å²) in [4.78, 5) is 10.5. The monoisotopic (exact) mass is 162 g/mol. The van der Waals surface area contributed by atoms with Crippen LogP contribution in [0.3, 0.4) is 0 Å². The number of rotatable bonds is 2. The van der Waals surface area contributed by atoms with Crippen LogP contribution in [-0.2, 0) is 11.2 Å². The van der Waals surface area contributed by atoms with Crippen LogP contribution in [0.4, 0.5) is 0 Å². The van der Waals surface area contributed by atoms with E-state index in [9.17, 15) is 4.79 Å². The highest BCUT2D eigenvalue weighted by Gasteiger charge is 2.25. The van der Waals surface area contributed by atoms with Crippen molar-refractivity contribution in [3.63, 3.8) is 0 Å². The Balaban J connectivity index is 2.34. The van der Waals surface area contributed by atoms with Gasteiger partial charge in [-0.05, 0) is 29.7 Å². The topological polar surface area (TPSA) is 26.3 Å². The van der Waals surface area contributed by atoms with Crippen molar-refractivity contribution in [3.8, 4) is 5.75 Å². The summed E-state index contributed by atoms with van der Waals surface area (Å²) < 4.78 is 5.06. The van der Waals surface area contributed by atoms with Crippen LogP contribution in [0, 0.1) is 0 Å². The van der Waals surface area contributed by atoms with Crippen LogP contribution in [0.25, 0.3) is 0 Å². The molecular weight excluding hydrogens is 152 g/mol. The van der Waals surface area contributed by atoms with Gasteiger partial charge < -0.3 is 9.53 Å². The normalized spacial score (nSPS) is 19.2. The summed E-state index contributed by atoms with van der Waals surface area (Å²) in [5.74, 6) is 1.00. The molecule has 0 amide bonds. The molecule has 2 heteroatoms. The first kappa shape index (κ1) is 7.35. The summed E-state index contributed by atoms with van der Waals surface area (Å²) in [5.41, 5.74) is 2.40. The summed E-state index contributed by atoms with van der Waals surface area (Å²) in [5, 5.41) is 0. The first-order valence-electron chi connectivity index (χ1n) is 3.97. The molecule has 0 heterocycles. The molecule has 12 heavy (non-hydrogen) atoms. The van der Waals surface area contributed by atoms with E-state index >= 15 is 0 Å². The largest absolute Gasteiger partial charge is 0.497 e. The quantitative estimate of drug-likeness (QED) is 0.616. The minimum absolute atomic E-state index is 0.130. The molecule has 1 aromatic rings. The van der Waals surface area contributed by atoms with Crippen LogP contribution in [0.15, 0.2) is 18.2 Å². The van der Waals surface area contributed by atoms with Crippen LogP contribution in [0.2, 0.25) is 0 Å². The van der Waals surface area contributed by atoms with E-state index in [1.807, 2.05) is 18.2 Å². The van der Waals surface area contributed by atoms with E-state index < -0.39 is 0 Å². The minimum atomic E-state index is 0.130. The van der Waals surface area contributed by atoms with Gasteiger partial charge >= 0.3 is 0 Å². The number of hydrogen-bond donors (Lipinski definition) is 0. The molecule has 1 aromatic carbocycles. The molecule has 2 nitrogen and oxygen atoms in total. The second-order valence-electron chi connectivity index (χ2n) is 3.01. The van der Waals surface area contributed by atoms with E-state index in [4.69, 9.17) is 4.74 Å². The van der Waals surface area contributed by atoms with Gasteiger partial charge in [0.05, 0.1) is 7.11 Å². The van der Waals surface area contributed by atoms with Crippen LogP contribution in [0.1, 0.15) is 17.0 Å². The second-order valence-corrected chi connectivity index (χ2v) is 3.01. The Labute approximate surface area is 71.2 Å². The number of fused-ring (bicyclic) bond motifs is 1. The third kappa shape index (κ3) is 0.916. The molecular formula is C10H10O2. The highest BCUT2D eigenvalue weighted by Crippen LogP contribution is 2.35. The molecule has 0 saturated heterocycles. The van der Waals surface area contributed by atoms with Gasteiger partial charge in [0.2, 0.25) is 0 Å². The fourth-order valence-electron chi connectivity index (χ4n) is 1.58. The van der Waals surface area contributed by atoms with E-state index in [1.54, 1.807) is 7.11 Å². The highest BCUT2D eigenvalue weighted by molar-refractivity contribution is 5.69. The third-order valence-corrected chi connectivity index (χ3v) is 2.35. The van der Waals surface area contributed by atoms with Crippen LogP contribution in [0.5, 0.6) is 5.75 Å². The van der Waals surface area contributed by atoms with Gasteiger partial charge in [-0.3, -0.25) is 0 Å². The first-order chi connectivity index (χ1) is 5.85. The third-order valence-electron chi connectivity index (χ3n) is 2.35. The SMILES string of the molecule is COc1ccc2c(c1)CC2C=O. The average Bonchev–Trinajstić information content (AvgIpc) is 2.07. The molecule has 0 N–H and O–H groups in total. The lowest BCUT2D eigenvalue weighted by atomic mass is 9.78. The molecule has 1 atom stereocenters. The number of benzene rings is 1. The van der Waals surface area contributed by atoms with Crippen molar-refractivity contribution in [1.29, 1.82) is 0 Å². The predicted octanol–water partition coefficient (Wildman–Crippen LogP) is 1.53. The van der Waals surface area contributed by atoms with Gasteiger partial charge in [0.15, 0.2) is 0 Å². The van der Waals surface area contributed by atoms with Gasteiger partial charge in [0.1, 0.15) is 12.0 Å². The van der Waals surface area contributed by atoms with E-state index in [0.717, 1.165) is 24.0 Å². The number of carbonyl (C=O) groups is 1. The van der Waals surface area contributed by atoms with Crippen molar-refractivity contribution in [3.05, 3.63) is 29.3 Å². The predicted molar refractivity (Wildman–Crippen MR) is 45.5 cm³/mol. The van der Waals surface area contributed by atoms with E-state index in [2.05, 4.69) is 0 Å². The van der Waals surface area contributed by atoms with Crippen LogP contribution < -0.4 is 4.74 Å². The lowest BCUT2D eigenvalue weighted by Gasteiger charge is -2.25. The molecule has 0 radical (unpaired) electrons. The Morgan fingerprint density at radius 2 is 2.42 bits per heavy atom. The zero-order valence-corrected chi connectivity index (χ0v) is 6.91. The van der Waals surface area contributed by atoms with Crippen molar-refractivity contribution in [2.75, 3.05) is 7.11 Å². The molecule has 0 saturated carbocycles. The lowest BCUT2D eigenvalue weighted by Crippen LogP contribution is -2.17. The molecule has 2 rings (SSSR count). The van der Waals surface area contributed by atoms with Gasteiger partial charge in [-0.1, -0.05) is 6.07 Å². The average molecular weight is 162 g/mol. The maximum atomic E-state index is 10.5. The van der Waals surface area contributed by atoms with Crippen molar-refractivity contribution < 1.29 is 9.53 Å². The smallest absolute Gasteiger partial charge is 0.127 e. The second kappa shape index (κ2) is 2.63. The molecule has 0 spiro atoms. The minimum Gasteiger partial charge on any atom is -0.497 e. The Morgan fingerprint density at radius 1 is 1.58 bits per heavy atom. The standard InChI is InChI=1S/C10H10O2/c1-12-9-2-3-10-7(5-9)4-8(10)6-11/h2-3,5-6,8H,4H2,1H3. The van der Waals surface area contributed by atoms with Gasteiger partial charge in [0, 0.05) is 5.92 Å². The molecule has 0 aromatic heterocycles. The summed E-state index contributed by atoms with van der Waals surface area (Å²) in [6.45, 7) is 0. The van der Waals surface area contributed by atoms with E-state index in [-0.39, 0.29) is 5.92 Å². The summed E-state index contributed by atoms with van der Waals surface area (Å²) in [6.07, 6.45) is 1.88. The summed E-state index contributed by atoms with van der Waals surface area (Å²) in [6, 6.07) is 5.86. The van der Waals surface area contributed by atoms with Gasteiger partial charge in [-0.2, -0.15) is 0 Å². The molecule has 1 aliphatic carbocycles. The number of carbonyl (C=O) groups excluding carboxylic acids is 1. The Morgan fingerprint density at radius 3 is 3.00 bits per heavy atom. The molecule has 62 valence electrons. The van der Waals surface area contributed by atoms with Gasteiger partial charge in [-0.25, -0.2) is 0 Å². The molecule has 0 bridgehead atoms. The molecule has 1 aliphatic rings. The molecule has 0 aliphatic heterocycles. The van der Waals surface area contributed by atoms with Crippen molar-refractivity contribution >= 4 is 6.29 Å². The Bertz CT molecular complexity index is 318. The Kier molecular flexibility index (Phi) is 1.61. The fraction of sp³-hybridized carbons (Fsp3) is 0.300. The van der Waals surface area contributed by atoms with Crippen molar-refractivity contribution in [1.82, 2.24) is 0 Å². The van der Waals surface area contributed by atoms with Crippen LogP contribution >= 0.6 is 0 Å². The van der Waals surface area contributed by atoms with Gasteiger partial charge in [0.25, 0.3) is 0 Å². The fourth-order valence-corrected chi connectivity index (χ4v) is 1.58. The van der Waals surface area contributed by atoms with E-state index in [0.29, 0.717) is 0 Å². The highest BCUT2D eigenvalue weighted by atomic mass is 16.5. The molecule has 0 fully saturated rings. The first-order valence-corrected chi connectivity index (χ1v) is 3.97. The van der Waals surface area contributed by atoms with Crippen LogP contribution in [-0.4, -0.2) is 13.4 Å². The Hall–Kier alpha value is -1.31. The van der Waals surface area contributed by atoms with Crippen molar-refractivity contribution in [2.24, 2.45) is 0 Å². The summed E-state index contributed by atoms with van der Waals surface area (Å²) >= 11 is 0. The molecule has 1 unspecified atom stereocenters. The maximum Gasteiger partial charge on any atom is 0.127 e. The van der Waals surface area contributed by atoms with Crippen molar-refractivity contribution in [2.45, 2.75) is 12.3 Å². The lowest BCUT2D eigenvalue weighted by molar-refractivity contribution is -0.109. The van der Waals surface area contributed by atoms with E-state index in [1.165, 1.54) is 5.56 Å². The number of ether oxygens (including phenoxy) is 1. The number of hydrogen-bond acceptors (Lipinski definition) is 2.